The molecule has 2 aromatic heterocycles. The monoisotopic (exact) mass is 268 g/mol. The van der Waals surface area contributed by atoms with E-state index in [4.69, 9.17) is 0 Å². The highest BCUT2D eigenvalue weighted by Crippen LogP contribution is 2.26. The third-order valence-corrected chi connectivity index (χ3v) is 4.27. The van der Waals surface area contributed by atoms with Gasteiger partial charge in [-0.2, -0.15) is 0 Å². The highest BCUT2D eigenvalue weighted by molar-refractivity contribution is 7.17. The maximum absolute atomic E-state index is 4.48. The number of pyridine rings is 1. The summed E-state index contributed by atoms with van der Waals surface area (Å²) in [6.07, 6.45) is 0. The second-order valence-corrected chi connectivity index (χ2v) is 5.61. The molecule has 0 bridgehead atoms. The molecule has 0 spiro atoms. The molecular weight excluding hydrogens is 252 g/mol. The second kappa shape index (κ2) is 5.02. The SMILES string of the molecule is Cc1ccc(NCc2csc3ccccc23)c(C)n1. The van der Waals surface area contributed by atoms with E-state index in [1.807, 2.05) is 19.9 Å². The minimum Gasteiger partial charge on any atom is -0.379 e. The Labute approximate surface area is 117 Å². The van der Waals surface area contributed by atoms with Crippen molar-refractivity contribution in [2.45, 2.75) is 20.4 Å². The predicted octanol–water partition coefficient (Wildman–Crippen LogP) is 4.53. The Morgan fingerprint density at radius 1 is 1.11 bits per heavy atom. The van der Waals surface area contributed by atoms with Crippen molar-refractivity contribution in [3.63, 3.8) is 0 Å². The van der Waals surface area contributed by atoms with Crippen LogP contribution in [0.2, 0.25) is 0 Å². The lowest BCUT2D eigenvalue weighted by Gasteiger charge is -2.09. The minimum absolute atomic E-state index is 0.843. The summed E-state index contributed by atoms with van der Waals surface area (Å²) in [6, 6.07) is 12.7. The number of nitrogens with zero attached hydrogens (tertiary/aromatic N) is 1. The largest absolute Gasteiger partial charge is 0.379 e. The molecule has 96 valence electrons. The van der Waals surface area contributed by atoms with Crippen LogP contribution >= 0.6 is 11.3 Å². The lowest BCUT2D eigenvalue weighted by Crippen LogP contribution is -2.02. The van der Waals surface area contributed by atoms with Gasteiger partial charge in [0.15, 0.2) is 0 Å². The molecule has 3 heteroatoms. The average Bonchev–Trinajstić information content (AvgIpc) is 2.81. The van der Waals surface area contributed by atoms with Gasteiger partial charge in [0.2, 0.25) is 0 Å². The predicted molar refractivity (Wildman–Crippen MR) is 82.9 cm³/mol. The molecule has 0 unspecified atom stereocenters. The highest BCUT2D eigenvalue weighted by atomic mass is 32.1. The van der Waals surface area contributed by atoms with Gasteiger partial charge in [0, 0.05) is 16.9 Å². The van der Waals surface area contributed by atoms with Crippen molar-refractivity contribution in [3.05, 3.63) is 58.7 Å². The van der Waals surface area contributed by atoms with Gasteiger partial charge in [0.1, 0.15) is 0 Å². The Morgan fingerprint density at radius 2 is 1.95 bits per heavy atom. The third kappa shape index (κ3) is 2.47. The molecule has 0 fully saturated rings. The van der Waals surface area contributed by atoms with Gasteiger partial charge in [0.05, 0.1) is 11.4 Å². The molecule has 2 nitrogen and oxygen atoms in total. The second-order valence-electron chi connectivity index (χ2n) is 4.70. The van der Waals surface area contributed by atoms with Gasteiger partial charge < -0.3 is 5.32 Å². The van der Waals surface area contributed by atoms with Crippen LogP contribution in [0.25, 0.3) is 10.1 Å². The summed E-state index contributed by atoms with van der Waals surface area (Å²) in [7, 11) is 0. The van der Waals surface area contributed by atoms with Crippen LogP contribution in [0.1, 0.15) is 17.0 Å². The summed E-state index contributed by atoms with van der Waals surface area (Å²) in [5.74, 6) is 0. The normalized spacial score (nSPS) is 10.8. The standard InChI is InChI=1S/C16H16N2S/c1-11-7-8-15(12(2)18-11)17-9-13-10-19-16-6-4-3-5-14(13)16/h3-8,10,17H,9H2,1-2H3. The molecule has 3 rings (SSSR count). The van der Waals surface area contributed by atoms with Gasteiger partial charge in [-0.1, -0.05) is 18.2 Å². The van der Waals surface area contributed by atoms with Crippen LogP contribution in [-0.2, 0) is 6.54 Å². The number of aromatic nitrogens is 1. The zero-order valence-electron chi connectivity index (χ0n) is 11.1. The Hall–Kier alpha value is -1.87. The molecule has 2 heterocycles. The first-order valence-corrected chi connectivity index (χ1v) is 7.25. The Morgan fingerprint density at radius 3 is 2.79 bits per heavy atom. The van der Waals surface area contributed by atoms with Crippen LogP contribution in [0, 0.1) is 13.8 Å². The first-order chi connectivity index (χ1) is 9.24. The summed E-state index contributed by atoms with van der Waals surface area (Å²) < 4.78 is 1.35. The molecule has 0 radical (unpaired) electrons. The van der Waals surface area contributed by atoms with E-state index in [0.29, 0.717) is 0 Å². The third-order valence-electron chi connectivity index (χ3n) is 3.26. The molecule has 3 aromatic rings. The van der Waals surface area contributed by atoms with Crippen LogP contribution in [0.15, 0.2) is 41.8 Å². The number of aryl methyl sites for hydroxylation is 2. The molecule has 0 atom stereocenters. The fourth-order valence-electron chi connectivity index (χ4n) is 2.23. The topological polar surface area (TPSA) is 24.9 Å². The van der Waals surface area contributed by atoms with Crippen LogP contribution in [0.3, 0.4) is 0 Å². The summed E-state index contributed by atoms with van der Waals surface area (Å²) in [5, 5.41) is 7.05. The van der Waals surface area contributed by atoms with Gasteiger partial charge in [-0.25, -0.2) is 0 Å². The molecule has 0 aliphatic carbocycles. The number of thiophene rings is 1. The van der Waals surface area contributed by atoms with Gasteiger partial charge in [-0.3, -0.25) is 4.98 Å². The van der Waals surface area contributed by atoms with E-state index < -0.39 is 0 Å². The van der Waals surface area contributed by atoms with Crippen molar-refractivity contribution in [3.8, 4) is 0 Å². The number of nitrogens with one attached hydrogen (secondary N) is 1. The number of rotatable bonds is 3. The molecule has 0 saturated carbocycles. The first kappa shape index (κ1) is 12.2. The van der Waals surface area contributed by atoms with Gasteiger partial charge in [0.25, 0.3) is 0 Å². The Bertz CT molecular complexity index is 716. The summed E-state index contributed by atoms with van der Waals surface area (Å²) in [6.45, 7) is 4.90. The average molecular weight is 268 g/mol. The first-order valence-electron chi connectivity index (χ1n) is 6.37. The number of anilines is 1. The maximum atomic E-state index is 4.48. The lowest BCUT2D eigenvalue weighted by molar-refractivity contribution is 1.09. The zero-order chi connectivity index (χ0) is 13.2. The van der Waals surface area contributed by atoms with Gasteiger partial charge in [-0.15, -0.1) is 11.3 Å². The van der Waals surface area contributed by atoms with Crippen molar-refractivity contribution < 1.29 is 0 Å². The minimum atomic E-state index is 0.843. The number of hydrogen-bond acceptors (Lipinski definition) is 3. The van der Waals surface area contributed by atoms with Crippen molar-refractivity contribution in [2.75, 3.05) is 5.32 Å². The van der Waals surface area contributed by atoms with E-state index in [1.54, 1.807) is 11.3 Å². The van der Waals surface area contributed by atoms with Gasteiger partial charge in [-0.05, 0) is 48.4 Å². The van der Waals surface area contributed by atoms with E-state index >= 15 is 0 Å². The Kier molecular flexibility index (Phi) is 3.22. The van der Waals surface area contributed by atoms with Crippen molar-refractivity contribution in [2.24, 2.45) is 0 Å². The summed E-state index contributed by atoms with van der Waals surface area (Å²) in [4.78, 5) is 4.48. The van der Waals surface area contributed by atoms with Crippen molar-refractivity contribution >= 4 is 27.1 Å². The van der Waals surface area contributed by atoms with E-state index in [1.165, 1.54) is 15.6 Å². The van der Waals surface area contributed by atoms with E-state index in [0.717, 1.165) is 23.6 Å². The smallest absolute Gasteiger partial charge is 0.0606 e. The molecule has 1 aromatic carbocycles. The lowest BCUT2D eigenvalue weighted by atomic mass is 10.2. The van der Waals surface area contributed by atoms with Gasteiger partial charge >= 0.3 is 0 Å². The Balaban J connectivity index is 1.82. The molecule has 0 amide bonds. The van der Waals surface area contributed by atoms with E-state index in [2.05, 4.69) is 46.0 Å². The molecule has 0 saturated heterocycles. The summed E-state index contributed by atoms with van der Waals surface area (Å²) in [5.41, 5.74) is 4.57. The maximum Gasteiger partial charge on any atom is 0.0606 e. The van der Waals surface area contributed by atoms with Crippen LogP contribution in [-0.4, -0.2) is 4.98 Å². The van der Waals surface area contributed by atoms with Crippen molar-refractivity contribution in [1.82, 2.24) is 4.98 Å². The summed E-state index contributed by atoms with van der Waals surface area (Å²) >= 11 is 1.80. The molecule has 0 aliphatic heterocycles. The van der Waals surface area contributed by atoms with E-state index in [-0.39, 0.29) is 0 Å². The fourth-order valence-corrected chi connectivity index (χ4v) is 3.20. The molecule has 0 aliphatic rings. The van der Waals surface area contributed by atoms with Crippen LogP contribution in [0.4, 0.5) is 5.69 Å². The number of fused-ring (bicyclic) bond motifs is 1. The fraction of sp³-hybridized carbons (Fsp3) is 0.188. The van der Waals surface area contributed by atoms with Crippen LogP contribution in [0.5, 0.6) is 0 Å². The quantitative estimate of drug-likeness (QED) is 0.755. The molecule has 1 N–H and O–H groups in total. The number of benzene rings is 1. The number of hydrogen-bond donors (Lipinski definition) is 1. The molecular formula is C16H16N2S. The van der Waals surface area contributed by atoms with E-state index in [9.17, 15) is 0 Å². The highest BCUT2D eigenvalue weighted by Gasteiger charge is 2.04. The zero-order valence-corrected chi connectivity index (χ0v) is 11.9. The molecule has 19 heavy (non-hydrogen) atoms. The van der Waals surface area contributed by atoms with Crippen molar-refractivity contribution in [1.29, 1.82) is 0 Å². The van der Waals surface area contributed by atoms with Crippen LogP contribution < -0.4 is 5.32 Å².